The number of ether oxygens (including phenoxy) is 2. The van der Waals surface area contributed by atoms with Crippen LogP contribution in [-0.4, -0.2) is 41.6 Å². The number of hydrogen-bond donors (Lipinski definition) is 0. The first-order valence-electron chi connectivity index (χ1n) is 13.8. The second kappa shape index (κ2) is 11.8. The van der Waals surface area contributed by atoms with Crippen LogP contribution >= 0.6 is 0 Å². The predicted molar refractivity (Wildman–Crippen MR) is 159 cm³/mol. The number of nitrogens with zero attached hydrogens (tertiary/aromatic N) is 2. The highest BCUT2D eigenvalue weighted by Gasteiger charge is 2.41. The molecule has 1 saturated heterocycles. The van der Waals surface area contributed by atoms with Crippen LogP contribution in [0.5, 0.6) is 5.75 Å². The van der Waals surface area contributed by atoms with Crippen LogP contribution in [0.15, 0.2) is 109 Å². The van der Waals surface area contributed by atoms with E-state index < -0.39 is 18.1 Å². The maximum absolute atomic E-state index is 14.3. The third-order valence-corrected chi connectivity index (χ3v) is 7.75. The Morgan fingerprint density at radius 3 is 2.55 bits per heavy atom. The van der Waals surface area contributed by atoms with E-state index in [2.05, 4.69) is 4.98 Å². The molecule has 6 rings (SSSR count). The fourth-order valence-electron chi connectivity index (χ4n) is 5.64. The van der Waals surface area contributed by atoms with Gasteiger partial charge in [-0.2, -0.15) is 0 Å². The van der Waals surface area contributed by atoms with Crippen molar-refractivity contribution >= 4 is 22.9 Å². The molecule has 7 heteroatoms. The molecule has 0 bridgehead atoms. The molecule has 6 nitrogen and oxygen atoms in total. The number of fused-ring (bicyclic) bond motifs is 1. The maximum atomic E-state index is 14.3. The number of pyridine rings is 1. The molecule has 42 heavy (non-hydrogen) atoms. The molecule has 1 aromatic heterocycles. The Hall–Kier alpha value is -5.04. The lowest BCUT2D eigenvalue weighted by Crippen LogP contribution is -2.43. The van der Waals surface area contributed by atoms with E-state index in [0.717, 1.165) is 27.8 Å². The lowest BCUT2D eigenvalue weighted by molar-refractivity contribution is -0.130. The molecule has 210 valence electrons. The Morgan fingerprint density at radius 2 is 1.76 bits per heavy atom. The second-order valence-electron chi connectivity index (χ2n) is 10.3. The van der Waals surface area contributed by atoms with Gasteiger partial charge < -0.3 is 9.47 Å². The van der Waals surface area contributed by atoms with Crippen molar-refractivity contribution in [2.24, 2.45) is 0 Å². The van der Waals surface area contributed by atoms with Gasteiger partial charge in [0.25, 0.3) is 0 Å². The number of carbonyl (C=O) groups excluding carboxylic acids is 2. The molecule has 0 aliphatic carbocycles. The average Bonchev–Trinajstić information content (AvgIpc) is 3.39. The zero-order valence-corrected chi connectivity index (χ0v) is 23.1. The van der Waals surface area contributed by atoms with Gasteiger partial charge in [-0.15, -0.1) is 0 Å². The number of amides is 2. The topological polar surface area (TPSA) is 68.7 Å². The fraction of sp³-hybridized carbons (Fsp3) is 0.171. The number of halogens is 1. The summed E-state index contributed by atoms with van der Waals surface area (Å²) < 4.78 is 25.1. The number of methoxy groups -OCH3 is 1. The molecule has 0 spiro atoms. The molecule has 0 radical (unpaired) electrons. The van der Waals surface area contributed by atoms with Gasteiger partial charge in [-0.3, -0.25) is 9.78 Å². The van der Waals surface area contributed by atoms with Crippen molar-refractivity contribution in [3.05, 3.63) is 132 Å². The van der Waals surface area contributed by atoms with Gasteiger partial charge in [0.1, 0.15) is 18.2 Å². The maximum Gasteiger partial charge on any atom is 0.417 e. The smallest absolute Gasteiger partial charge is 0.417 e. The SMILES string of the molecule is COc1ccccc1CC(C(=O)N1C(=O)OC[C@H]1Cc1ccccc1)c1ccc(-c2ccnc3ccc(F)cc23)cc1. The van der Waals surface area contributed by atoms with E-state index >= 15 is 0 Å². The van der Waals surface area contributed by atoms with E-state index in [1.165, 1.54) is 17.0 Å². The molecule has 2 heterocycles. The van der Waals surface area contributed by atoms with E-state index in [0.29, 0.717) is 29.5 Å². The molecular formula is C35H29FN2O4. The van der Waals surface area contributed by atoms with Gasteiger partial charge in [-0.05, 0) is 71.0 Å². The number of imide groups is 1. The minimum atomic E-state index is -0.675. The van der Waals surface area contributed by atoms with Gasteiger partial charge in [0.05, 0.1) is 24.6 Å². The molecule has 2 atom stereocenters. The van der Waals surface area contributed by atoms with Gasteiger partial charge in [-0.25, -0.2) is 14.1 Å². The molecule has 2 amide bonds. The number of benzene rings is 4. The fourth-order valence-corrected chi connectivity index (χ4v) is 5.64. The number of hydrogen-bond acceptors (Lipinski definition) is 5. The van der Waals surface area contributed by atoms with Crippen molar-refractivity contribution in [3.63, 3.8) is 0 Å². The summed E-state index contributed by atoms with van der Waals surface area (Å²) in [4.78, 5) is 32.8. The number of para-hydroxylation sites is 1. The van der Waals surface area contributed by atoms with Crippen molar-refractivity contribution in [2.75, 3.05) is 13.7 Å². The third-order valence-electron chi connectivity index (χ3n) is 7.75. The van der Waals surface area contributed by atoms with E-state index in [-0.39, 0.29) is 18.3 Å². The van der Waals surface area contributed by atoms with Crippen molar-refractivity contribution in [1.29, 1.82) is 0 Å². The number of rotatable bonds is 8. The Balaban J connectivity index is 1.36. The van der Waals surface area contributed by atoms with Crippen LogP contribution in [0.4, 0.5) is 9.18 Å². The van der Waals surface area contributed by atoms with Crippen molar-refractivity contribution in [1.82, 2.24) is 9.88 Å². The van der Waals surface area contributed by atoms with Gasteiger partial charge in [0.2, 0.25) is 5.91 Å². The minimum Gasteiger partial charge on any atom is -0.496 e. The summed E-state index contributed by atoms with van der Waals surface area (Å²) in [5.74, 6) is -0.667. The van der Waals surface area contributed by atoms with Crippen molar-refractivity contribution in [3.8, 4) is 16.9 Å². The van der Waals surface area contributed by atoms with Gasteiger partial charge in [0, 0.05) is 11.6 Å². The molecule has 1 unspecified atom stereocenters. The third kappa shape index (κ3) is 5.46. The first-order valence-corrected chi connectivity index (χ1v) is 13.8. The largest absolute Gasteiger partial charge is 0.496 e. The van der Waals surface area contributed by atoms with Crippen LogP contribution in [0.2, 0.25) is 0 Å². The van der Waals surface area contributed by atoms with Crippen molar-refractivity contribution in [2.45, 2.75) is 24.8 Å². The summed E-state index contributed by atoms with van der Waals surface area (Å²) in [6, 6.07) is 30.9. The van der Waals surface area contributed by atoms with Crippen LogP contribution in [-0.2, 0) is 22.4 Å². The van der Waals surface area contributed by atoms with Crippen molar-refractivity contribution < 1.29 is 23.5 Å². The standard InChI is InChI=1S/C35H29FN2O4/c1-41-33-10-6-5-9-26(33)20-30(34(39)38-28(22-42-35(38)40)19-23-7-3-2-4-8-23)25-13-11-24(12-14-25)29-17-18-37-32-16-15-27(36)21-31(29)32/h2-18,21,28,30H,19-20,22H2,1H3/t28-,30?/m1/s1. The summed E-state index contributed by atoms with van der Waals surface area (Å²) >= 11 is 0. The second-order valence-corrected chi connectivity index (χ2v) is 10.3. The predicted octanol–water partition coefficient (Wildman–Crippen LogP) is 6.97. The summed E-state index contributed by atoms with van der Waals surface area (Å²) in [5.41, 5.74) is 5.01. The van der Waals surface area contributed by atoms with E-state index in [1.807, 2.05) is 84.9 Å². The molecule has 1 fully saturated rings. The molecule has 1 aliphatic heterocycles. The van der Waals surface area contributed by atoms with Gasteiger partial charge in [0.15, 0.2) is 0 Å². The van der Waals surface area contributed by atoms with Gasteiger partial charge in [-0.1, -0.05) is 72.8 Å². The van der Waals surface area contributed by atoms with E-state index in [9.17, 15) is 14.0 Å². The van der Waals surface area contributed by atoms with Crippen LogP contribution in [0.3, 0.4) is 0 Å². The Labute approximate surface area is 243 Å². The van der Waals surface area contributed by atoms with E-state index in [1.54, 1.807) is 19.4 Å². The highest BCUT2D eigenvalue weighted by atomic mass is 19.1. The molecule has 4 aromatic carbocycles. The molecular weight excluding hydrogens is 531 g/mol. The van der Waals surface area contributed by atoms with Crippen LogP contribution < -0.4 is 4.74 Å². The van der Waals surface area contributed by atoms with Crippen LogP contribution in [0.25, 0.3) is 22.0 Å². The summed E-state index contributed by atoms with van der Waals surface area (Å²) in [5, 5.41) is 0.704. The summed E-state index contributed by atoms with van der Waals surface area (Å²) in [6.45, 7) is 0.144. The highest BCUT2D eigenvalue weighted by molar-refractivity contribution is 5.98. The number of carbonyl (C=O) groups is 2. The minimum absolute atomic E-state index is 0.144. The zero-order chi connectivity index (χ0) is 29.1. The highest BCUT2D eigenvalue weighted by Crippen LogP contribution is 2.33. The van der Waals surface area contributed by atoms with Gasteiger partial charge >= 0.3 is 6.09 Å². The zero-order valence-electron chi connectivity index (χ0n) is 23.1. The number of cyclic esters (lactones) is 1. The number of aromatic nitrogens is 1. The lowest BCUT2D eigenvalue weighted by atomic mass is 9.88. The normalized spacial score (nSPS) is 15.4. The van der Waals surface area contributed by atoms with Crippen LogP contribution in [0, 0.1) is 5.82 Å². The monoisotopic (exact) mass is 560 g/mol. The molecule has 1 aliphatic rings. The summed E-state index contributed by atoms with van der Waals surface area (Å²) in [6.07, 6.45) is 1.90. The first-order chi connectivity index (χ1) is 20.5. The Kier molecular flexibility index (Phi) is 7.64. The quantitative estimate of drug-likeness (QED) is 0.205. The Bertz CT molecular complexity index is 1740. The lowest BCUT2D eigenvalue weighted by Gasteiger charge is -2.26. The molecule has 0 saturated carbocycles. The summed E-state index contributed by atoms with van der Waals surface area (Å²) in [7, 11) is 1.60. The first kappa shape index (κ1) is 27.1. The van der Waals surface area contributed by atoms with Crippen LogP contribution in [0.1, 0.15) is 22.6 Å². The molecule has 0 N–H and O–H groups in total. The Morgan fingerprint density at radius 1 is 1.00 bits per heavy atom. The average molecular weight is 561 g/mol. The molecule has 5 aromatic rings. The van der Waals surface area contributed by atoms with E-state index in [4.69, 9.17) is 9.47 Å².